The predicted octanol–water partition coefficient (Wildman–Crippen LogP) is 2.69. The number of para-hydroxylation sites is 1. The van der Waals surface area contributed by atoms with Gasteiger partial charge in [0.15, 0.2) is 0 Å². The first-order chi connectivity index (χ1) is 10.1. The second kappa shape index (κ2) is 10.0. The van der Waals surface area contributed by atoms with Crippen molar-refractivity contribution < 1.29 is 9.94 Å². The van der Waals surface area contributed by atoms with Crippen LogP contribution in [0.15, 0.2) is 35.5 Å². The third kappa shape index (κ3) is 7.56. The largest absolute Gasteiger partial charge is 0.409 e. The zero-order chi connectivity index (χ0) is 15.5. The summed E-state index contributed by atoms with van der Waals surface area (Å²) in [5.74, 6) is 0.910. The average molecular weight is 293 g/mol. The second-order valence-corrected chi connectivity index (χ2v) is 5.46. The van der Waals surface area contributed by atoms with Crippen molar-refractivity contribution in [1.29, 1.82) is 0 Å². The molecule has 1 rings (SSSR count). The zero-order valence-corrected chi connectivity index (χ0v) is 13.0. The molecule has 0 saturated heterocycles. The number of nitrogens with zero attached hydrogens (tertiary/aromatic N) is 2. The third-order valence-electron chi connectivity index (χ3n) is 3.23. The molecule has 118 valence electrons. The van der Waals surface area contributed by atoms with Crippen LogP contribution in [0.3, 0.4) is 0 Å². The predicted molar refractivity (Wildman–Crippen MR) is 87.0 cm³/mol. The van der Waals surface area contributed by atoms with Crippen LogP contribution in [0.5, 0.6) is 0 Å². The topological polar surface area (TPSA) is 71.1 Å². The van der Waals surface area contributed by atoms with E-state index in [1.54, 1.807) is 0 Å². The van der Waals surface area contributed by atoms with Gasteiger partial charge in [0.05, 0.1) is 6.61 Å². The van der Waals surface area contributed by atoms with Gasteiger partial charge in [0.1, 0.15) is 5.84 Å². The Balaban J connectivity index is 2.45. The highest BCUT2D eigenvalue weighted by Gasteiger charge is 2.07. The van der Waals surface area contributed by atoms with E-state index in [0.717, 1.165) is 25.3 Å². The summed E-state index contributed by atoms with van der Waals surface area (Å²) < 4.78 is 5.68. The van der Waals surface area contributed by atoms with E-state index in [0.29, 0.717) is 25.5 Å². The van der Waals surface area contributed by atoms with Crippen molar-refractivity contribution in [3.8, 4) is 0 Å². The Morgan fingerprint density at radius 2 is 1.95 bits per heavy atom. The molecule has 5 nitrogen and oxygen atoms in total. The normalized spacial score (nSPS) is 11.9. The van der Waals surface area contributed by atoms with Gasteiger partial charge in [-0.3, -0.25) is 0 Å². The molecule has 0 atom stereocenters. The molecule has 0 fully saturated rings. The molecule has 3 N–H and O–H groups in total. The summed E-state index contributed by atoms with van der Waals surface area (Å²) >= 11 is 0. The van der Waals surface area contributed by atoms with Gasteiger partial charge in [0, 0.05) is 31.8 Å². The maximum Gasteiger partial charge on any atom is 0.140 e. The van der Waals surface area contributed by atoms with Crippen molar-refractivity contribution in [2.24, 2.45) is 16.8 Å². The molecule has 1 aromatic rings. The number of hydrogen-bond acceptors (Lipinski definition) is 4. The van der Waals surface area contributed by atoms with E-state index in [-0.39, 0.29) is 5.84 Å². The third-order valence-corrected chi connectivity index (χ3v) is 3.23. The maximum absolute atomic E-state index is 8.64. The molecule has 1 aromatic carbocycles. The number of anilines is 1. The fourth-order valence-electron chi connectivity index (χ4n) is 1.90. The molecule has 0 aromatic heterocycles. The number of benzene rings is 1. The number of rotatable bonds is 10. The Morgan fingerprint density at radius 3 is 2.57 bits per heavy atom. The molecule has 0 aliphatic carbocycles. The summed E-state index contributed by atoms with van der Waals surface area (Å²) in [5.41, 5.74) is 6.67. The number of ether oxygens (including phenoxy) is 1. The molecule has 0 aliphatic heterocycles. The Bertz CT molecular complexity index is 407. The molecular formula is C16H27N3O2. The summed E-state index contributed by atoms with van der Waals surface area (Å²) in [7, 11) is 0. The van der Waals surface area contributed by atoms with Gasteiger partial charge in [-0.05, 0) is 24.5 Å². The van der Waals surface area contributed by atoms with Crippen LogP contribution in [0.1, 0.15) is 26.7 Å². The lowest BCUT2D eigenvalue weighted by molar-refractivity contribution is 0.129. The molecule has 0 aliphatic rings. The Morgan fingerprint density at radius 1 is 1.24 bits per heavy atom. The van der Waals surface area contributed by atoms with Gasteiger partial charge in [-0.15, -0.1) is 0 Å². The van der Waals surface area contributed by atoms with E-state index in [1.165, 1.54) is 0 Å². The summed E-state index contributed by atoms with van der Waals surface area (Å²) in [6.07, 6.45) is 1.60. The van der Waals surface area contributed by atoms with Crippen molar-refractivity contribution in [3.05, 3.63) is 30.3 Å². The highest BCUT2D eigenvalue weighted by atomic mass is 16.5. The molecule has 0 heterocycles. The molecule has 0 saturated carbocycles. The van der Waals surface area contributed by atoms with Crippen molar-refractivity contribution >= 4 is 11.5 Å². The van der Waals surface area contributed by atoms with Gasteiger partial charge in [0.2, 0.25) is 0 Å². The van der Waals surface area contributed by atoms with Crippen LogP contribution in [-0.2, 0) is 4.74 Å². The van der Waals surface area contributed by atoms with Crippen LogP contribution >= 0.6 is 0 Å². The van der Waals surface area contributed by atoms with Crippen molar-refractivity contribution in [1.82, 2.24) is 0 Å². The van der Waals surface area contributed by atoms with Gasteiger partial charge < -0.3 is 20.6 Å². The Hall–Kier alpha value is -1.75. The van der Waals surface area contributed by atoms with E-state index in [4.69, 9.17) is 15.7 Å². The van der Waals surface area contributed by atoms with Crippen molar-refractivity contribution in [2.45, 2.75) is 26.7 Å². The number of oxime groups is 1. The minimum atomic E-state index is 0.247. The van der Waals surface area contributed by atoms with Crippen LogP contribution < -0.4 is 10.6 Å². The highest BCUT2D eigenvalue weighted by Crippen LogP contribution is 2.13. The average Bonchev–Trinajstić information content (AvgIpc) is 2.50. The van der Waals surface area contributed by atoms with E-state index >= 15 is 0 Å². The van der Waals surface area contributed by atoms with Crippen molar-refractivity contribution in [2.75, 3.05) is 31.2 Å². The minimum Gasteiger partial charge on any atom is -0.409 e. The zero-order valence-electron chi connectivity index (χ0n) is 13.0. The van der Waals surface area contributed by atoms with Crippen LogP contribution in [0.4, 0.5) is 5.69 Å². The van der Waals surface area contributed by atoms with Crippen LogP contribution in [-0.4, -0.2) is 37.3 Å². The molecule has 0 bridgehead atoms. The fourth-order valence-corrected chi connectivity index (χ4v) is 1.90. The molecule has 0 amide bonds. The van der Waals surface area contributed by atoms with E-state index in [2.05, 4.69) is 36.0 Å². The smallest absolute Gasteiger partial charge is 0.140 e. The summed E-state index contributed by atoms with van der Waals surface area (Å²) in [5, 5.41) is 11.7. The molecule has 5 heteroatoms. The lowest BCUT2D eigenvalue weighted by Crippen LogP contribution is -2.31. The van der Waals surface area contributed by atoms with Gasteiger partial charge in [-0.25, -0.2) is 0 Å². The van der Waals surface area contributed by atoms with E-state index in [9.17, 15) is 0 Å². The van der Waals surface area contributed by atoms with Crippen LogP contribution in [0.2, 0.25) is 0 Å². The molecular weight excluding hydrogens is 266 g/mol. The van der Waals surface area contributed by atoms with Crippen molar-refractivity contribution in [3.63, 3.8) is 0 Å². The molecule has 0 unspecified atom stereocenters. The van der Waals surface area contributed by atoms with Gasteiger partial charge in [-0.2, -0.15) is 0 Å². The fraction of sp³-hybridized carbons (Fsp3) is 0.562. The first-order valence-corrected chi connectivity index (χ1v) is 7.47. The standard InChI is InChI=1S/C16H27N3O2/c1-14(2)9-12-21-13-11-19(10-8-16(17)18-20)15-6-4-3-5-7-15/h3-7,14,20H,8-13H2,1-2H3,(H2,17,18). The quantitative estimate of drug-likeness (QED) is 0.229. The minimum absolute atomic E-state index is 0.247. The van der Waals surface area contributed by atoms with Gasteiger partial charge >= 0.3 is 0 Å². The first kappa shape index (κ1) is 17.3. The molecule has 0 radical (unpaired) electrons. The Labute approximate surface area is 127 Å². The number of amidine groups is 1. The maximum atomic E-state index is 8.64. The summed E-state index contributed by atoms with van der Waals surface area (Å²) in [6, 6.07) is 10.1. The first-order valence-electron chi connectivity index (χ1n) is 7.47. The number of nitrogens with two attached hydrogens (primary N) is 1. The Kier molecular flexibility index (Phi) is 8.28. The SMILES string of the molecule is CC(C)CCOCCN(CCC(N)=NO)c1ccccc1. The van der Waals surface area contributed by atoms with E-state index in [1.807, 2.05) is 18.2 Å². The summed E-state index contributed by atoms with van der Waals surface area (Å²) in [6.45, 7) is 7.35. The second-order valence-electron chi connectivity index (χ2n) is 5.46. The van der Waals surface area contributed by atoms with Crippen LogP contribution in [0, 0.1) is 5.92 Å². The summed E-state index contributed by atoms with van der Waals surface area (Å²) in [4.78, 5) is 2.19. The van der Waals surface area contributed by atoms with Gasteiger partial charge in [-0.1, -0.05) is 37.2 Å². The van der Waals surface area contributed by atoms with E-state index < -0.39 is 0 Å². The van der Waals surface area contributed by atoms with Crippen LogP contribution in [0.25, 0.3) is 0 Å². The number of hydrogen-bond donors (Lipinski definition) is 2. The van der Waals surface area contributed by atoms with Gasteiger partial charge in [0.25, 0.3) is 0 Å². The highest BCUT2D eigenvalue weighted by molar-refractivity contribution is 5.80. The lowest BCUT2D eigenvalue weighted by atomic mass is 10.1. The molecule has 21 heavy (non-hydrogen) atoms. The molecule has 0 spiro atoms. The lowest BCUT2D eigenvalue weighted by Gasteiger charge is -2.24. The monoisotopic (exact) mass is 293 g/mol.